The Morgan fingerprint density at radius 3 is 2.48 bits per heavy atom. The summed E-state index contributed by atoms with van der Waals surface area (Å²) in [5.74, 6) is -0.376. The molecule has 0 aliphatic carbocycles. The molecule has 2 aromatic rings. The fraction of sp³-hybridized carbons (Fsp3) is 0.435. The zero-order valence-electron chi connectivity index (χ0n) is 18.4. The molecule has 0 unspecified atom stereocenters. The third kappa shape index (κ3) is 7.69. The van der Waals surface area contributed by atoms with E-state index in [1.165, 1.54) is 0 Å². The Kier molecular flexibility index (Phi) is 9.55. The molecule has 0 spiro atoms. The molecule has 3 rings (SSSR count). The molecule has 0 atom stereocenters. The molecular weight excluding hydrogens is 419 g/mol. The summed E-state index contributed by atoms with van der Waals surface area (Å²) in [4.78, 5) is 11.9. The molecule has 1 fully saturated rings. The maximum Gasteiger partial charge on any atom is 0.293 e. The van der Waals surface area contributed by atoms with Crippen LogP contribution in [0.15, 0.2) is 36.4 Å². The number of hydrogen-bond acceptors (Lipinski definition) is 6. The molecule has 0 amide bonds. The molecule has 4 N–H and O–H groups in total. The fourth-order valence-electron chi connectivity index (χ4n) is 3.18. The van der Waals surface area contributed by atoms with Crippen molar-refractivity contribution in [3.63, 3.8) is 0 Å². The molecule has 0 aromatic heterocycles. The highest BCUT2D eigenvalue weighted by molar-refractivity contribution is 6.30. The number of nitrogens with zero attached hydrogens (tertiary/aromatic N) is 1. The second-order valence-corrected chi connectivity index (χ2v) is 8.54. The number of piperazine rings is 1. The number of nitrogens with one attached hydrogen (secondary N) is 2. The van der Waals surface area contributed by atoms with Crippen molar-refractivity contribution in [2.24, 2.45) is 5.73 Å². The number of anilines is 2. The highest BCUT2D eigenvalue weighted by atomic mass is 35.5. The first-order valence-electron chi connectivity index (χ1n) is 10.3. The molecule has 1 saturated heterocycles. The van der Waals surface area contributed by atoms with Crippen molar-refractivity contribution in [1.29, 1.82) is 0 Å². The van der Waals surface area contributed by atoms with E-state index < -0.39 is 0 Å². The monoisotopic (exact) mass is 450 g/mol. The molecular formula is C23H32ClFN4O2. The van der Waals surface area contributed by atoms with Crippen LogP contribution in [-0.2, 0) is 22.6 Å². The number of ether oxygens (including phenoxy) is 1. The minimum atomic E-state index is -0.376. The molecule has 31 heavy (non-hydrogen) atoms. The molecule has 1 aliphatic heterocycles. The summed E-state index contributed by atoms with van der Waals surface area (Å²) in [7, 11) is 0. The lowest BCUT2D eigenvalue weighted by atomic mass is 10.1. The van der Waals surface area contributed by atoms with Gasteiger partial charge in [0, 0.05) is 61.8 Å². The highest BCUT2D eigenvalue weighted by Gasteiger charge is 2.16. The molecule has 0 radical (unpaired) electrons. The van der Waals surface area contributed by atoms with Crippen LogP contribution in [0.5, 0.6) is 0 Å². The second kappa shape index (κ2) is 11.9. The predicted molar refractivity (Wildman–Crippen MR) is 125 cm³/mol. The zero-order chi connectivity index (χ0) is 22.9. The van der Waals surface area contributed by atoms with Gasteiger partial charge in [0.25, 0.3) is 6.47 Å². The van der Waals surface area contributed by atoms with Gasteiger partial charge in [0.05, 0.1) is 5.02 Å². The number of benzene rings is 2. The zero-order valence-corrected chi connectivity index (χ0v) is 19.1. The van der Waals surface area contributed by atoms with Gasteiger partial charge in [-0.1, -0.05) is 29.8 Å². The third-order valence-electron chi connectivity index (χ3n) is 4.72. The fourth-order valence-corrected chi connectivity index (χ4v) is 3.37. The molecule has 1 heterocycles. The summed E-state index contributed by atoms with van der Waals surface area (Å²) in [5, 5.41) is 6.80. The molecule has 170 valence electrons. The summed E-state index contributed by atoms with van der Waals surface area (Å²) >= 11 is 5.85. The first-order chi connectivity index (χ1) is 14.8. The van der Waals surface area contributed by atoms with Crippen LogP contribution >= 0.6 is 11.6 Å². The average molecular weight is 451 g/mol. The van der Waals surface area contributed by atoms with Crippen LogP contribution in [0, 0.1) is 5.82 Å². The molecule has 0 saturated carbocycles. The van der Waals surface area contributed by atoms with Crippen molar-refractivity contribution in [3.05, 3.63) is 58.4 Å². The van der Waals surface area contributed by atoms with Crippen molar-refractivity contribution in [1.82, 2.24) is 5.32 Å². The van der Waals surface area contributed by atoms with E-state index in [1.54, 1.807) is 18.2 Å². The quantitative estimate of drug-likeness (QED) is 0.579. The first kappa shape index (κ1) is 24.9. The van der Waals surface area contributed by atoms with Gasteiger partial charge in [0.1, 0.15) is 11.4 Å². The van der Waals surface area contributed by atoms with E-state index in [0.29, 0.717) is 25.1 Å². The second-order valence-electron chi connectivity index (χ2n) is 8.14. The average Bonchev–Trinajstić information content (AvgIpc) is 2.74. The molecule has 1 aliphatic rings. The van der Waals surface area contributed by atoms with Gasteiger partial charge >= 0.3 is 0 Å². The van der Waals surface area contributed by atoms with Crippen LogP contribution < -0.4 is 21.3 Å². The van der Waals surface area contributed by atoms with Gasteiger partial charge in [0.2, 0.25) is 0 Å². The summed E-state index contributed by atoms with van der Waals surface area (Å²) in [6.45, 7) is 10.6. The molecule has 6 nitrogen and oxygen atoms in total. The number of nitrogens with two attached hydrogens (primary N) is 1. The number of hydrogen-bond donors (Lipinski definition) is 3. The van der Waals surface area contributed by atoms with Crippen LogP contribution in [-0.4, -0.2) is 38.3 Å². The van der Waals surface area contributed by atoms with Crippen molar-refractivity contribution in [3.8, 4) is 0 Å². The van der Waals surface area contributed by atoms with Crippen molar-refractivity contribution < 1.29 is 13.9 Å². The van der Waals surface area contributed by atoms with Crippen molar-refractivity contribution >= 4 is 29.4 Å². The smallest absolute Gasteiger partial charge is 0.293 e. The first-order valence-corrected chi connectivity index (χ1v) is 10.7. The number of rotatable bonds is 6. The van der Waals surface area contributed by atoms with Crippen molar-refractivity contribution in [2.75, 3.05) is 36.4 Å². The van der Waals surface area contributed by atoms with E-state index in [-0.39, 0.29) is 16.4 Å². The maximum absolute atomic E-state index is 14.0. The third-order valence-corrected chi connectivity index (χ3v) is 5.01. The summed E-state index contributed by atoms with van der Waals surface area (Å²) < 4.78 is 18.6. The van der Waals surface area contributed by atoms with Crippen molar-refractivity contribution in [2.45, 2.75) is 39.5 Å². The summed E-state index contributed by atoms with van der Waals surface area (Å²) in [5.41, 5.74) is 9.37. The Bertz CT molecular complexity index is 852. The van der Waals surface area contributed by atoms with Gasteiger partial charge < -0.3 is 26.0 Å². The Labute approximate surface area is 188 Å². The number of carbonyl (C=O) groups is 1. The van der Waals surface area contributed by atoms with Crippen LogP contribution in [0.3, 0.4) is 0 Å². The Balaban J connectivity index is 0.000000423. The van der Waals surface area contributed by atoms with Gasteiger partial charge in [-0.05, 0) is 39.0 Å². The largest absolute Gasteiger partial charge is 0.462 e. The number of carbonyl (C=O) groups excluding carboxylic acids is 1. The minimum Gasteiger partial charge on any atom is -0.462 e. The van der Waals surface area contributed by atoms with Crippen LogP contribution in [0.4, 0.5) is 15.8 Å². The van der Waals surface area contributed by atoms with E-state index >= 15 is 0 Å². The van der Waals surface area contributed by atoms with Gasteiger partial charge in [0.15, 0.2) is 0 Å². The topological polar surface area (TPSA) is 79.6 Å². The predicted octanol–water partition coefficient (Wildman–Crippen LogP) is 3.92. The number of halogens is 2. The normalized spacial score (nSPS) is 13.8. The maximum atomic E-state index is 14.0. The van der Waals surface area contributed by atoms with Gasteiger partial charge in [-0.3, -0.25) is 4.79 Å². The van der Waals surface area contributed by atoms with E-state index in [2.05, 4.69) is 26.3 Å². The Morgan fingerprint density at radius 2 is 1.90 bits per heavy atom. The van der Waals surface area contributed by atoms with Crippen LogP contribution in [0.2, 0.25) is 5.02 Å². The van der Waals surface area contributed by atoms with E-state index in [1.807, 2.05) is 32.9 Å². The summed E-state index contributed by atoms with van der Waals surface area (Å²) in [6, 6.07) is 11.1. The van der Waals surface area contributed by atoms with Gasteiger partial charge in [-0.15, -0.1) is 0 Å². The lowest BCUT2D eigenvalue weighted by Crippen LogP contribution is -2.44. The Morgan fingerprint density at radius 1 is 1.23 bits per heavy atom. The van der Waals surface area contributed by atoms with E-state index in [9.17, 15) is 9.18 Å². The summed E-state index contributed by atoms with van der Waals surface area (Å²) in [6.07, 6.45) is 0. The highest BCUT2D eigenvalue weighted by Crippen LogP contribution is 2.28. The van der Waals surface area contributed by atoms with E-state index in [0.717, 1.165) is 43.1 Å². The molecule has 2 aromatic carbocycles. The Hall–Kier alpha value is -2.35. The van der Waals surface area contributed by atoms with E-state index in [4.69, 9.17) is 17.3 Å². The lowest BCUT2D eigenvalue weighted by Gasteiger charge is -2.32. The SMILES string of the molecule is CC(C)(C)OC=O.NCc1c(NCc2cccc(Cl)c2F)cccc1N1CCNCC1. The van der Waals surface area contributed by atoms with Gasteiger partial charge in [-0.25, -0.2) is 4.39 Å². The van der Waals surface area contributed by atoms with Crippen LogP contribution in [0.25, 0.3) is 0 Å². The van der Waals surface area contributed by atoms with Gasteiger partial charge in [-0.2, -0.15) is 0 Å². The minimum absolute atomic E-state index is 0.142. The standard InChI is InChI=1S/C18H22ClFN4.C5H10O2/c19-15-4-1-3-13(18(15)20)12-23-16-5-2-6-17(14(16)11-21)24-9-7-22-8-10-24;1-5(2,3)7-4-6/h1-6,22-23H,7-12,21H2;4H,1-3H3. The lowest BCUT2D eigenvalue weighted by molar-refractivity contribution is -0.138. The molecule has 8 heteroatoms. The molecule has 0 bridgehead atoms. The van der Waals surface area contributed by atoms with Crippen LogP contribution in [0.1, 0.15) is 31.9 Å².